The van der Waals surface area contributed by atoms with Crippen molar-refractivity contribution in [2.45, 2.75) is 38.0 Å². The van der Waals surface area contributed by atoms with E-state index < -0.39 is 16.3 Å². The molecule has 1 fully saturated rings. The van der Waals surface area contributed by atoms with E-state index in [1.54, 1.807) is 36.4 Å². The number of ether oxygens (including phenoxy) is 1. The Balaban J connectivity index is 1.42. The smallest absolute Gasteiger partial charge is 0.243 e. The van der Waals surface area contributed by atoms with Gasteiger partial charge in [0, 0.05) is 62.5 Å². The first-order chi connectivity index (χ1) is 19.8. The van der Waals surface area contributed by atoms with Gasteiger partial charge < -0.3 is 24.1 Å². The largest absolute Gasteiger partial charge is 0.455 e. The minimum absolute atomic E-state index is 0.188. The minimum Gasteiger partial charge on any atom is -0.455 e. The molecule has 8 nitrogen and oxygen atoms in total. The SMILES string of the molecule is CCOC(O)c1oc2ccc(S(=O)(=O)N(CCc3ccccc3)Cc3ccc(N4CCN(C)CC4)cc3)cc2c1C. The summed E-state index contributed by atoms with van der Waals surface area (Å²) in [6, 6.07) is 23.0. The molecule has 0 saturated carbocycles. The number of aryl methyl sites for hydroxylation is 1. The van der Waals surface area contributed by atoms with Gasteiger partial charge in [0.2, 0.25) is 16.3 Å². The lowest BCUT2D eigenvalue weighted by Crippen LogP contribution is -2.44. The van der Waals surface area contributed by atoms with Gasteiger partial charge >= 0.3 is 0 Å². The van der Waals surface area contributed by atoms with Crippen LogP contribution in [-0.2, 0) is 27.7 Å². The number of sulfonamides is 1. The molecule has 0 amide bonds. The lowest BCUT2D eigenvalue weighted by atomic mass is 10.1. The van der Waals surface area contributed by atoms with Crippen LogP contribution in [0.1, 0.15) is 35.7 Å². The number of anilines is 1. The number of aliphatic hydroxyl groups excluding tert-OH is 1. The first-order valence-electron chi connectivity index (χ1n) is 14.2. The molecular weight excluding hydrogens is 538 g/mol. The number of hydrogen-bond acceptors (Lipinski definition) is 7. The predicted molar refractivity (Wildman–Crippen MR) is 161 cm³/mol. The monoisotopic (exact) mass is 577 g/mol. The zero-order chi connectivity index (χ0) is 29.0. The van der Waals surface area contributed by atoms with Gasteiger partial charge in [-0.05, 0) is 68.8 Å². The van der Waals surface area contributed by atoms with Gasteiger partial charge in [0.05, 0.1) is 4.90 Å². The van der Waals surface area contributed by atoms with Gasteiger partial charge in [-0.2, -0.15) is 4.31 Å². The van der Waals surface area contributed by atoms with E-state index in [2.05, 4.69) is 29.0 Å². The maximum absolute atomic E-state index is 14.1. The number of rotatable bonds is 11. The topological polar surface area (TPSA) is 86.5 Å². The van der Waals surface area contributed by atoms with Crippen molar-refractivity contribution in [3.8, 4) is 0 Å². The fraction of sp³-hybridized carbons (Fsp3) is 0.375. The van der Waals surface area contributed by atoms with Gasteiger partial charge in [-0.1, -0.05) is 42.5 Å². The van der Waals surface area contributed by atoms with Crippen LogP contribution in [0, 0.1) is 6.92 Å². The highest BCUT2D eigenvalue weighted by Crippen LogP contribution is 2.33. The number of hydrogen-bond donors (Lipinski definition) is 1. The highest BCUT2D eigenvalue weighted by atomic mass is 32.2. The Morgan fingerprint density at radius 3 is 2.37 bits per heavy atom. The third-order valence-corrected chi connectivity index (χ3v) is 9.63. The maximum Gasteiger partial charge on any atom is 0.243 e. The summed E-state index contributed by atoms with van der Waals surface area (Å²) in [6.45, 7) is 8.52. The molecule has 0 aliphatic carbocycles. The van der Waals surface area contributed by atoms with Crippen LogP contribution in [-0.4, -0.2) is 69.1 Å². The molecule has 1 aliphatic rings. The van der Waals surface area contributed by atoms with Crippen molar-refractivity contribution in [1.29, 1.82) is 0 Å². The molecule has 2 heterocycles. The second-order valence-electron chi connectivity index (χ2n) is 10.6. The first-order valence-corrected chi connectivity index (χ1v) is 15.6. The minimum atomic E-state index is -3.85. The van der Waals surface area contributed by atoms with Crippen LogP contribution in [0.25, 0.3) is 11.0 Å². The van der Waals surface area contributed by atoms with Gasteiger partial charge in [-0.25, -0.2) is 8.42 Å². The van der Waals surface area contributed by atoms with Crippen LogP contribution in [0.15, 0.2) is 82.1 Å². The summed E-state index contributed by atoms with van der Waals surface area (Å²) in [5.41, 5.74) is 4.33. The summed E-state index contributed by atoms with van der Waals surface area (Å²) in [5, 5.41) is 11.0. The van der Waals surface area contributed by atoms with E-state index in [0.29, 0.717) is 36.1 Å². The molecule has 1 saturated heterocycles. The third-order valence-electron chi connectivity index (χ3n) is 7.79. The van der Waals surface area contributed by atoms with Crippen molar-refractivity contribution >= 4 is 26.7 Å². The van der Waals surface area contributed by atoms with E-state index in [1.807, 2.05) is 42.5 Å². The Morgan fingerprint density at radius 2 is 1.68 bits per heavy atom. The molecule has 3 aromatic carbocycles. The Hall–Kier alpha value is -3.21. The molecule has 4 aromatic rings. The number of likely N-dealkylation sites (N-methyl/N-ethyl adjacent to an activating group) is 1. The normalized spacial score (nSPS) is 15.6. The van der Waals surface area contributed by atoms with E-state index in [-0.39, 0.29) is 17.2 Å². The zero-order valence-corrected chi connectivity index (χ0v) is 24.8. The second-order valence-corrected chi connectivity index (χ2v) is 12.5. The number of fused-ring (bicyclic) bond motifs is 1. The van der Waals surface area contributed by atoms with E-state index in [4.69, 9.17) is 9.15 Å². The molecule has 1 aliphatic heterocycles. The van der Waals surface area contributed by atoms with Gasteiger partial charge in [0.25, 0.3) is 0 Å². The molecule has 1 aromatic heterocycles. The van der Waals surface area contributed by atoms with E-state index in [0.717, 1.165) is 43.0 Å². The van der Waals surface area contributed by atoms with Crippen LogP contribution >= 0.6 is 0 Å². The van der Waals surface area contributed by atoms with Gasteiger partial charge in [0.1, 0.15) is 5.58 Å². The Bertz CT molecular complexity index is 1550. The molecule has 218 valence electrons. The van der Waals surface area contributed by atoms with E-state index in [1.165, 1.54) is 0 Å². The van der Waals surface area contributed by atoms with Crippen LogP contribution < -0.4 is 4.90 Å². The number of benzene rings is 3. The molecule has 1 unspecified atom stereocenters. The Kier molecular flexibility index (Phi) is 9.11. The number of aliphatic hydroxyl groups is 1. The fourth-order valence-electron chi connectivity index (χ4n) is 5.26. The maximum atomic E-state index is 14.1. The molecule has 1 N–H and O–H groups in total. The number of piperazine rings is 1. The van der Waals surface area contributed by atoms with Crippen molar-refractivity contribution in [3.63, 3.8) is 0 Å². The highest BCUT2D eigenvalue weighted by Gasteiger charge is 2.27. The summed E-state index contributed by atoms with van der Waals surface area (Å²) < 4.78 is 40.9. The molecule has 0 radical (unpaired) electrons. The summed E-state index contributed by atoms with van der Waals surface area (Å²) in [7, 11) is -1.72. The van der Waals surface area contributed by atoms with E-state index >= 15 is 0 Å². The average molecular weight is 578 g/mol. The van der Waals surface area contributed by atoms with Gasteiger partial charge in [-0.15, -0.1) is 0 Å². The molecule has 0 spiro atoms. The quantitative estimate of drug-likeness (QED) is 0.252. The predicted octanol–water partition coefficient (Wildman–Crippen LogP) is 4.95. The second kappa shape index (κ2) is 12.8. The van der Waals surface area contributed by atoms with Gasteiger partial charge in [0.15, 0.2) is 5.76 Å². The summed E-state index contributed by atoms with van der Waals surface area (Å²) in [4.78, 5) is 4.88. The lowest BCUT2D eigenvalue weighted by Gasteiger charge is -2.34. The van der Waals surface area contributed by atoms with Crippen molar-refractivity contribution in [2.75, 3.05) is 51.3 Å². The van der Waals surface area contributed by atoms with Crippen LogP contribution in [0.4, 0.5) is 5.69 Å². The molecule has 5 rings (SSSR count). The van der Waals surface area contributed by atoms with Crippen molar-refractivity contribution in [3.05, 3.63) is 95.2 Å². The van der Waals surface area contributed by atoms with E-state index in [9.17, 15) is 13.5 Å². The average Bonchev–Trinajstić information content (AvgIpc) is 3.32. The summed E-state index contributed by atoms with van der Waals surface area (Å²) in [5.74, 6) is 0.290. The van der Waals surface area contributed by atoms with Crippen LogP contribution in [0.2, 0.25) is 0 Å². The van der Waals surface area contributed by atoms with Crippen LogP contribution in [0.3, 0.4) is 0 Å². The van der Waals surface area contributed by atoms with Crippen molar-refractivity contribution < 1.29 is 22.7 Å². The highest BCUT2D eigenvalue weighted by molar-refractivity contribution is 7.89. The first kappa shape index (κ1) is 29.3. The molecule has 9 heteroatoms. The van der Waals surface area contributed by atoms with Crippen LogP contribution in [0.5, 0.6) is 0 Å². The molecular formula is C32H39N3O5S. The van der Waals surface area contributed by atoms with Crippen molar-refractivity contribution in [1.82, 2.24) is 9.21 Å². The summed E-state index contributed by atoms with van der Waals surface area (Å²) >= 11 is 0. The zero-order valence-electron chi connectivity index (χ0n) is 24.0. The Morgan fingerprint density at radius 1 is 0.976 bits per heavy atom. The standard InChI is InChI=1S/C32H39N3O5S/c1-4-39-32(36)31-24(2)29-22-28(14-15-30(29)40-31)41(37,38)35(17-16-25-8-6-5-7-9-25)23-26-10-12-27(13-11-26)34-20-18-33(3)19-21-34/h5-15,22,32,36H,4,16-21,23H2,1-3H3. The van der Waals surface area contributed by atoms with Gasteiger partial charge in [-0.3, -0.25) is 0 Å². The fourth-order valence-corrected chi connectivity index (χ4v) is 6.72. The molecule has 1 atom stereocenters. The number of furan rings is 1. The van der Waals surface area contributed by atoms with Crippen molar-refractivity contribution in [2.24, 2.45) is 0 Å². The third kappa shape index (κ3) is 6.66. The lowest BCUT2D eigenvalue weighted by molar-refractivity contribution is -0.110. The summed E-state index contributed by atoms with van der Waals surface area (Å²) in [6.07, 6.45) is -0.611. The number of nitrogens with zero attached hydrogens (tertiary/aromatic N) is 3. The molecule has 0 bridgehead atoms. The Labute approximate surface area is 242 Å². The molecule has 41 heavy (non-hydrogen) atoms.